The van der Waals surface area contributed by atoms with E-state index in [1.165, 1.54) is 6.42 Å². The molecule has 0 saturated carbocycles. The quantitative estimate of drug-likeness (QED) is 0.528. The van der Waals surface area contributed by atoms with E-state index < -0.39 is 6.10 Å². The zero-order chi connectivity index (χ0) is 18.4. The van der Waals surface area contributed by atoms with E-state index in [4.69, 9.17) is 4.74 Å². The molecule has 0 spiro atoms. The minimum atomic E-state index is -0.392. The van der Waals surface area contributed by atoms with E-state index in [1.807, 2.05) is 55.5 Å². The molecule has 0 bridgehead atoms. The van der Waals surface area contributed by atoms with Gasteiger partial charge in [0.25, 0.3) is 0 Å². The number of aromatic nitrogens is 1. The fourth-order valence-electron chi connectivity index (χ4n) is 3.11. The maximum Gasteiger partial charge on any atom is 0.120 e. The number of rotatable bonds is 8. The Morgan fingerprint density at radius 1 is 1.04 bits per heavy atom. The number of aliphatic hydroxyl groups excluding tert-OH is 1. The summed E-state index contributed by atoms with van der Waals surface area (Å²) in [5, 5.41) is 11.4. The van der Waals surface area contributed by atoms with Gasteiger partial charge in [0, 0.05) is 11.1 Å². The summed E-state index contributed by atoms with van der Waals surface area (Å²) < 4.78 is 5.95. The Morgan fingerprint density at radius 2 is 1.92 bits per heavy atom. The minimum absolute atomic E-state index is 0.392. The summed E-state index contributed by atoms with van der Waals surface area (Å²) in [5.74, 6) is 0.831. The average Bonchev–Trinajstić information content (AvgIpc) is 2.66. The first-order valence-electron chi connectivity index (χ1n) is 9.43. The number of ether oxygens (including phenoxy) is 1. The molecule has 26 heavy (non-hydrogen) atoms. The van der Waals surface area contributed by atoms with Crippen molar-refractivity contribution in [2.75, 3.05) is 0 Å². The molecule has 0 aliphatic carbocycles. The lowest BCUT2D eigenvalue weighted by atomic mass is 10.0. The van der Waals surface area contributed by atoms with Crippen LogP contribution in [0.4, 0.5) is 0 Å². The van der Waals surface area contributed by atoms with Crippen LogP contribution in [0.3, 0.4) is 0 Å². The molecule has 0 radical (unpaired) electrons. The van der Waals surface area contributed by atoms with Gasteiger partial charge in [0.2, 0.25) is 0 Å². The van der Waals surface area contributed by atoms with Crippen molar-refractivity contribution in [1.29, 1.82) is 0 Å². The molecule has 0 fully saturated rings. The molecule has 0 aliphatic rings. The van der Waals surface area contributed by atoms with Crippen molar-refractivity contribution >= 4 is 10.9 Å². The number of hydrogen-bond donors (Lipinski definition) is 1. The van der Waals surface area contributed by atoms with E-state index in [1.54, 1.807) is 0 Å². The van der Waals surface area contributed by atoms with Gasteiger partial charge in [0.1, 0.15) is 12.4 Å². The molecule has 0 saturated heterocycles. The first-order valence-corrected chi connectivity index (χ1v) is 9.43. The molecule has 136 valence electrons. The van der Waals surface area contributed by atoms with Crippen molar-refractivity contribution in [3.05, 3.63) is 71.4 Å². The van der Waals surface area contributed by atoms with E-state index in [0.717, 1.165) is 52.7 Å². The van der Waals surface area contributed by atoms with E-state index in [2.05, 4.69) is 18.0 Å². The van der Waals surface area contributed by atoms with Crippen LogP contribution in [0.5, 0.6) is 5.75 Å². The van der Waals surface area contributed by atoms with Gasteiger partial charge >= 0.3 is 0 Å². The van der Waals surface area contributed by atoms with E-state index in [0.29, 0.717) is 6.61 Å². The molecule has 3 rings (SSSR count). The summed E-state index contributed by atoms with van der Waals surface area (Å²) >= 11 is 0. The zero-order valence-electron chi connectivity index (χ0n) is 15.6. The highest BCUT2D eigenvalue weighted by Crippen LogP contribution is 2.23. The lowest BCUT2D eigenvalue weighted by Gasteiger charge is -2.13. The van der Waals surface area contributed by atoms with Gasteiger partial charge in [-0.25, -0.2) is 0 Å². The highest BCUT2D eigenvalue weighted by Gasteiger charge is 2.08. The van der Waals surface area contributed by atoms with Gasteiger partial charge in [-0.05, 0) is 54.8 Å². The topological polar surface area (TPSA) is 42.4 Å². The van der Waals surface area contributed by atoms with Crippen LogP contribution < -0.4 is 4.74 Å². The molecule has 3 nitrogen and oxygen atoms in total. The number of aryl methyl sites for hydroxylation is 1. The predicted molar refractivity (Wildman–Crippen MR) is 106 cm³/mol. The summed E-state index contributed by atoms with van der Waals surface area (Å²) in [6, 6.07) is 18.1. The smallest absolute Gasteiger partial charge is 0.120 e. The lowest BCUT2D eigenvalue weighted by Crippen LogP contribution is -2.01. The average molecular weight is 349 g/mol. The van der Waals surface area contributed by atoms with Crippen molar-refractivity contribution < 1.29 is 9.84 Å². The molecule has 1 atom stereocenters. The summed E-state index contributed by atoms with van der Waals surface area (Å²) in [4.78, 5) is 4.51. The first kappa shape index (κ1) is 18.4. The third kappa shape index (κ3) is 4.83. The van der Waals surface area contributed by atoms with E-state index >= 15 is 0 Å². The molecule has 1 aromatic heterocycles. The fraction of sp³-hybridized carbons (Fsp3) is 0.348. The van der Waals surface area contributed by atoms with Gasteiger partial charge in [-0.2, -0.15) is 0 Å². The number of pyridine rings is 1. The van der Waals surface area contributed by atoms with E-state index in [-0.39, 0.29) is 0 Å². The Balaban J connectivity index is 1.64. The van der Waals surface area contributed by atoms with Crippen LogP contribution in [0.2, 0.25) is 0 Å². The lowest BCUT2D eigenvalue weighted by molar-refractivity contribution is 0.163. The van der Waals surface area contributed by atoms with Crippen LogP contribution in [0, 0.1) is 6.92 Å². The Labute approximate surface area is 155 Å². The van der Waals surface area contributed by atoms with Crippen LogP contribution >= 0.6 is 0 Å². The van der Waals surface area contributed by atoms with Crippen LogP contribution in [0.25, 0.3) is 10.9 Å². The second kappa shape index (κ2) is 8.81. The third-order valence-corrected chi connectivity index (χ3v) is 4.62. The number of hydrogen-bond acceptors (Lipinski definition) is 3. The Kier molecular flexibility index (Phi) is 6.24. The van der Waals surface area contributed by atoms with Crippen molar-refractivity contribution in [3.63, 3.8) is 0 Å². The number of nitrogens with zero attached hydrogens (tertiary/aromatic N) is 1. The second-order valence-corrected chi connectivity index (χ2v) is 6.85. The molecule has 2 aromatic carbocycles. The van der Waals surface area contributed by atoms with Crippen LogP contribution in [0.1, 0.15) is 55.5 Å². The van der Waals surface area contributed by atoms with Crippen molar-refractivity contribution in [3.8, 4) is 5.75 Å². The normalized spacial score (nSPS) is 12.3. The van der Waals surface area contributed by atoms with Crippen molar-refractivity contribution in [2.24, 2.45) is 0 Å². The molecular weight excluding hydrogens is 322 g/mol. The molecule has 0 aliphatic heterocycles. The van der Waals surface area contributed by atoms with Gasteiger partial charge in [0.15, 0.2) is 0 Å². The monoisotopic (exact) mass is 349 g/mol. The minimum Gasteiger partial charge on any atom is -0.489 e. The van der Waals surface area contributed by atoms with Gasteiger partial charge in [-0.15, -0.1) is 0 Å². The van der Waals surface area contributed by atoms with Crippen molar-refractivity contribution in [2.45, 2.75) is 52.2 Å². The maximum absolute atomic E-state index is 10.3. The Morgan fingerprint density at radius 3 is 2.77 bits per heavy atom. The summed E-state index contributed by atoms with van der Waals surface area (Å²) in [6.07, 6.45) is 3.81. The molecular formula is C23H27NO2. The van der Waals surface area contributed by atoms with E-state index in [9.17, 15) is 5.11 Å². The van der Waals surface area contributed by atoms with Crippen molar-refractivity contribution in [1.82, 2.24) is 4.98 Å². The Hall–Kier alpha value is -2.39. The van der Waals surface area contributed by atoms with Gasteiger partial charge in [-0.3, -0.25) is 4.98 Å². The largest absolute Gasteiger partial charge is 0.489 e. The van der Waals surface area contributed by atoms with Gasteiger partial charge in [-0.1, -0.05) is 50.5 Å². The first-order chi connectivity index (χ1) is 12.7. The van der Waals surface area contributed by atoms with Gasteiger partial charge in [0.05, 0.1) is 11.6 Å². The molecule has 0 amide bonds. The summed E-state index contributed by atoms with van der Waals surface area (Å²) in [5.41, 5.74) is 4.04. The zero-order valence-corrected chi connectivity index (χ0v) is 15.6. The fourth-order valence-corrected chi connectivity index (χ4v) is 3.11. The molecule has 1 heterocycles. The van der Waals surface area contributed by atoms with Crippen LogP contribution in [-0.4, -0.2) is 10.1 Å². The van der Waals surface area contributed by atoms with Crippen LogP contribution in [0.15, 0.2) is 54.6 Å². The highest BCUT2D eigenvalue weighted by atomic mass is 16.5. The molecule has 3 aromatic rings. The SMILES string of the molecule is CCCCCC(O)c1cccc(COc2ccc3nc(C)ccc3c2)c1. The second-order valence-electron chi connectivity index (χ2n) is 6.85. The number of aliphatic hydroxyl groups is 1. The summed E-state index contributed by atoms with van der Waals surface area (Å²) in [6.45, 7) is 4.65. The highest BCUT2D eigenvalue weighted by molar-refractivity contribution is 5.80. The third-order valence-electron chi connectivity index (χ3n) is 4.62. The Bertz CT molecular complexity index is 860. The maximum atomic E-state index is 10.3. The van der Waals surface area contributed by atoms with Gasteiger partial charge < -0.3 is 9.84 Å². The standard InChI is InChI=1S/C23H27NO2/c1-3-4-5-9-23(25)20-8-6-7-18(14-20)16-26-21-12-13-22-19(15-21)11-10-17(2)24-22/h6-8,10-15,23,25H,3-5,9,16H2,1-2H3. The molecule has 1 unspecified atom stereocenters. The molecule has 1 N–H and O–H groups in total. The number of benzene rings is 2. The summed E-state index contributed by atoms with van der Waals surface area (Å²) in [7, 11) is 0. The number of unbranched alkanes of at least 4 members (excludes halogenated alkanes) is 2. The predicted octanol–water partition coefficient (Wildman–Crippen LogP) is 5.74. The molecule has 3 heteroatoms. The van der Waals surface area contributed by atoms with Crippen LogP contribution in [-0.2, 0) is 6.61 Å². The number of fused-ring (bicyclic) bond motifs is 1.